The van der Waals surface area contributed by atoms with Gasteiger partial charge in [-0.2, -0.15) is 0 Å². The van der Waals surface area contributed by atoms with Crippen LogP contribution in [-0.2, 0) is 6.61 Å². The molecule has 21 heavy (non-hydrogen) atoms. The van der Waals surface area contributed by atoms with Crippen LogP contribution in [0.2, 0.25) is 0 Å². The molecule has 1 N–H and O–H groups in total. The predicted molar refractivity (Wildman–Crippen MR) is 81.0 cm³/mol. The maximum atomic E-state index is 10.6. The van der Waals surface area contributed by atoms with Gasteiger partial charge < -0.3 is 9.94 Å². The molecule has 0 atom stereocenters. The van der Waals surface area contributed by atoms with Crippen molar-refractivity contribution in [1.82, 2.24) is 0 Å². The third kappa shape index (κ3) is 4.03. The molecular weight excluding hydrogens is 340 g/mol. The first-order valence-corrected chi connectivity index (χ1v) is 6.72. The van der Waals surface area contributed by atoms with Gasteiger partial charge in [0, 0.05) is 22.2 Å². The maximum absolute atomic E-state index is 10.6. The van der Waals surface area contributed by atoms with Crippen LogP contribution in [-0.4, -0.2) is 16.3 Å². The molecule has 0 bridgehead atoms. The largest absolute Gasteiger partial charge is 0.488 e. The molecule has 2 aromatic carbocycles. The van der Waals surface area contributed by atoms with E-state index in [4.69, 9.17) is 9.94 Å². The Morgan fingerprint density at radius 1 is 1.29 bits per heavy atom. The van der Waals surface area contributed by atoms with E-state index in [1.165, 1.54) is 18.3 Å². The minimum Gasteiger partial charge on any atom is -0.488 e. The molecule has 0 saturated heterocycles. The van der Waals surface area contributed by atoms with E-state index in [0.717, 1.165) is 10.0 Å². The molecule has 2 rings (SSSR count). The molecule has 0 fully saturated rings. The molecule has 0 saturated carbocycles. The van der Waals surface area contributed by atoms with Crippen LogP contribution in [0.1, 0.15) is 11.1 Å². The van der Waals surface area contributed by atoms with Gasteiger partial charge in [-0.3, -0.25) is 10.1 Å². The normalized spacial score (nSPS) is 10.7. The number of benzene rings is 2. The molecule has 0 aliphatic heterocycles. The fraction of sp³-hybridized carbons (Fsp3) is 0.0714. The lowest BCUT2D eigenvalue weighted by Gasteiger charge is -2.09. The summed E-state index contributed by atoms with van der Waals surface area (Å²) in [6.07, 6.45) is 1.27. The number of nitro benzene ring substituents is 1. The average Bonchev–Trinajstić information content (AvgIpc) is 2.47. The van der Waals surface area contributed by atoms with E-state index in [1.807, 2.05) is 0 Å². The van der Waals surface area contributed by atoms with Crippen LogP contribution < -0.4 is 4.74 Å². The number of non-ortho nitro benzene ring substituents is 1. The SMILES string of the molecule is O=[N+]([O-])c1ccc(COc2ccc(Br)cc2/C=N\O)cc1. The van der Waals surface area contributed by atoms with Gasteiger partial charge in [-0.1, -0.05) is 21.1 Å². The van der Waals surface area contributed by atoms with Crippen molar-refractivity contribution in [2.24, 2.45) is 5.16 Å². The average molecular weight is 351 g/mol. The molecule has 0 aliphatic rings. The molecule has 2 aromatic rings. The standard InChI is InChI=1S/C14H11BrN2O4/c15-12-3-6-14(11(7-12)8-16-18)21-9-10-1-4-13(5-2-10)17(19)20/h1-8,18H,9H2/b16-8-. The Bertz CT molecular complexity index is 671. The summed E-state index contributed by atoms with van der Waals surface area (Å²) in [6.45, 7) is 0.256. The third-order valence-corrected chi connectivity index (χ3v) is 3.20. The highest BCUT2D eigenvalue weighted by Crippen LogP contribution is 2.23. The topological polar surface area (TPSA) is 85.0 Å². The van der Waals surface area contributed by atoms with E-state index in [1.54, 1.807) is 30.3 Å². The summed E-state index contributed by atoms with van der Waals surface area (Å²) in [6, 6.07) is 11.4. The number of ether oxygens (including phenoxy) is 1. The van der Waals surface area contributed by atoms with Crippen LogP contribution >= 0.6 is 15.9 Å². The highest BCUT2D eigenvalue weighted by atomic mass is 79.9. The monoisotopic (exact) mass is 350 g/mol. The maximum Gasteiger partial charge on any atom is 0.269 e. The molecule has 0 radical (unpaired) electrons. The summed E-state index contributed by atoms with van der Waals surface area (Å²) in [4.78, 5) is 10.1. The minimum atomic E-state index is -0.449. The van der Waals surface area contributed by atoms with Crippen LogP contribution in [0.5, 0.6) is 5.75 Å². The Kier molecular flexibility index (Phi) is 4.89. The van der Waals surface area contributed by atoms with Crippen LogP contribution in [0.15, 0.2) is 52.1 Å². The molecule has 0 spiro atoms. The summed E-state index contributed by atoms with van der Waals surface area (Å²) in [7, 11) is 0. The molecule has 0 aliphatic carbocycles. The molecule has 0 unspecified atom stereocenters. The number of oxime groups is 1. The van der Waals surface area contributed by atoms with Crippen LogP contribution in [0, 0.1) is 10.1 Å². The first-order chi connectivity index (χ1) is 10.1. The van der Waals surface area contributed by atoms with E-state index >= 15 is 0 Å². The second-order valence-corrected chi connectivity index (χ2v) is 5.05. The Balaban J connectivity index is 2.10. The Labute approximate surface area is 128 Å². The highest BCUT2D eigenvalue weighted by Gasteiger charge is 2.06. The second kappa shape index (κ2) is 6.85. The van der Waals surface area contributed by atoms with Gasteiger partial charge in [0.2, 0.25) is 0 Å². The quantitative estimate of drug-likeness (QED) is 0.385. The summed E-state index contributed by atoms with van der Waals surface area (Å²) < 4.78 is 6.47. The summed E-state index contributed by atoms with van der Waals surface area (Å²) in [5.74, 6) is 0.550. The zero-order valence-corrected chi connectivity index (χ0v) is 12.4. The van der Waals surface area contributed by atoms with Gasteiger partial charge >= 0.3 is 0 Å². The lowest BCUT2D eigenvalue weighted by Crippen LogP contribution is -1.99. The smallest absolute Gasteiger partial charge is 0.269 e. The van der Waals surface area contributed by atoms with Crippen LogP contribution in [0.3, 0.4) is 0 Å². The van der Waals surface area contributed by atoms with Crippen molar-refractivity contribution in [2.45, 2.75) is 6.61 Å². The van der Waals surface area contributed by atoms with E-state index in [9.17, 15) is 10.1 Å². The predicted octanol–water partition coefficient (Wildman–Crippen LogP) is 3.74. The zero-order valence-electron chi connectivity index (χ0n) is 10.8. The molecular formula is C14H11BrN2O4. The Morgan fingerprint density at radius 2 is 2.00 bits per heavy atom. The molecule has 0 aromatic heterocycles. The molecule has 0 amide bonds. The van der Waals surface area contributed by atoms with Gasteiger partial charge in [-0.15, -0.1) is 0 Å². The van der Waals surface area contributed by atoms with E-state index < -0.39 is 4.92 Å². The lowest BCUT2D eigenvalue weighted by molar-refractivity contribution is -0.384. The van der Waals surface area contributed by atoms with E-state index in [2.05, 4.69) is 21.1 Å². The Hall–Kier alpha value is -2.41. The van der Waals surface area contributed by atoms with Crippen molar-refractivity contribution < 1.29 is 14.9 Å². The fourth-order valence-electron chi connectivity index (χ4n) is 1.69. The van der Waals surface area contributed by atoms with E-state index in [-0.39, 0.29) is 12.3 Å². The third-order valence-electron chi connectivity index (χ3n) is 2.71. The van der Waals surface area contributed by atoms with Crippen molar-refractivity contribution in [3.05, 3.63) is 68.2 Å². The van der Waals surface area contributed by atoms with Crippen molar-refractivity contribution >= 4 is 27.8 Å². The van der Waals surface area contributed by atoms with E-state index in [0.29, 0.717) is 11.3 Å². The number of nitrogens with zero attached hydrogens (tertiary/aromatic N) is 2. The van der Waals surface area contributed by atoms with Gasteiger partial charge in [-0.25, -0.2) is 0 Å². The van der Waals surface area contributed by atoms with Gasteiger partial charge in [0.1, 0.15) is 12.4 Å². The minimum absolute atomic E-state index is 0.0375. The summed E-state index contributed by atoms with van der Waals surface area (Å²) in [5.41, 5.74) is 1.46. The molecule has 0 heterocycles. The van der Waals surface area contributed by atoms with Crippen molar-refractivity contribution in [3.8, 4) is 5.75 Å². The first-order valence-electron chi connectivity index (χ1n) is 5.93. The number of rotatable bonds is 5. The molecule has 6 nitrogen and oxygen atoms in total. The fourth-order valence-corrected chi connectivity index (χ4v) is 2.07. The number of halogens is 1. The Morgan fingerprint density at radius 3 is 2.62 bits per heavy atom. The second-order valence-electron chi connectivity index (χ2n) is 4.14. The zero-order chi connectivity index (χ0) is 15.2. The molecule has 108 valence electrons. The summed E-state index contributed by atoms with van der Waals surface area (Å²) in [5, 5.41) is 22.2. The number of hydrogen-bond donors (Lipinski definition) is 1. The van der Waals surface area contributed by atoms with Gasteiger partial charge in [0.05, 0.1) is 11.1 Å². The van der Waals surface area contributed by atoms with Crippen molar-refractivity contribution in [3.63, 3.8) is 0 Å². The van der Waals surface area contributed by atoms with Gasteiger partial charge in [0.15, 0.2) is 0 Å². The highest BCUT2D eigenvalue weighted by molar-refractivity contribution is 9.10. The van der Waals surface area contributed by atoms with Gasteiger partial charge in [-0.05, 0) is 35.9 Å². The van der Waals surface area contributed by atoms with Crippen LogP contribution in [0.4, 0.5) is 5.69 Å². The van der Waals surface area contributed by atoms with Crippen LogP contribution in [0.25, 0.3) is 0 Å². The summed E-state index contributed by atoms with van der Waals surface area (Å²) >= 11 is 3.32. The van der Waals surface area contributed by atoms with Crippen molar-refractivity contribution in [1.29, 1.82) is 0 Å². The first kappa shape index (κ1) is 15.0. The lowest BCUT2D eigenvalue weighted by atomic mass is 10.2. The number of hydrogen-bond acceptors (Lipinski definition) is 5. The number of nitro groups is 1. The van der Waals surface area contributed by atoms with Gasteiger partial charge in [0.25, 0.3) is 5.69 Å². The molecule has 7 heteroatoms. The van der Waals surface area contributed by atoms with Crippen molar-refractivity contribution in [2.75, 3.05) is 0 Å².